The summed E-state index contributed by atoms with van der Waals surface area (Å²) >= 11 is 0. The van der Waals surface area contributed by atoms with Crippen molar-refractivity contribution < 1.29 is 9.13 Å². The number of hydrogen-bond acceptors (Lipinski definition) is 4. The van der Waals surface area contributed by atoms with Gasteiger partial charge in [-0.05, 0) is 44.1 Å². The summed E-state index contributed by atoms with van der Waals surface area (Å²) in [5.74, 6) is 0.664. The Balaban J connectivity index is 1.73. The van der Waals surface area contributed by atoms with Gasteiger partial charge in [-0.25, -0.2) is 4.39 Å². The average molecular weight is 290 g/mol. The van der Waals surface area contributed by atoms with E-state index >= 15 is 0 Å². The van der Waals surface area contributed by atoms with E-state index in [9.17, 15) is 4.39 Å². The van der Waals surface area contributed by atoms with Crippen molar-refractivity contribution in [3.05, 3.63) is 30.1 Å². The van der Waals surface area contributed by atoms with E-state index in [2.05, 4.69) is 20.8 Å². The molecule has 0 amide bonds. The molecule has 21 heavy (non-hydrogen) atoms. The van der Waals surface area contributed by atoms with Crippen molar-refractivity contribution in [2.45, 2.75) is 18.9 Å². The molecule has 1 aromatic carbocycles. The van der Waals surface area contributed by atoms with Gasteiger partial charge in [-0.3, -0.25) is 5.10 Å². The summed E-state index contributed by atoms with van der Waals surface area (Å²) in [4.78, 5) is 0. The molecule has 0 radical (unpaired) electrons. The Bertz CT molecular complexity index is 607. The molecular weight excluding hydrogens is 271 g/mol. The molecule has 0 bridgehead atoms. The zero-order valence-corrected chi connectivity index (χ0v) is 11.9. The van der Waals surface area contributed by atoms with Crippen LogP contribution in [0.3, 0.4) is 0 Å². The fourth-order valence-electron chi connectivity index (χ4n) is 2.55. The first-order valence-electron chi connectivity index (χ1n) is 7.13. The Morgan fingerprint density at radius 1 is 1.29 bits per heavy atom. The second-order valence-corrected chi connectivity index (χ2v) is 5.18. The van der Waals surface area contributed by atoms with Crippen molar-refractivity contribution in [1.82, 2.24) is 15.5 Å². The third-order valence-electron chi connectivity index (χ3n) is 3.73. The number of piperidine rings is 1. The van der Waals surface area contributed by atoms with Gasteiger partial charge in [0.05, 0.1) is 12.8 Å². The van der Waals surface area contributed by atoms with E-state index in [1.54, 1.807) is 6.07 Å². The topological polar surface area (TPSA) is 62.0 Å². The van der Waals surface area contributed by atoms with Gasteiger partial charge in [-0.15, -0.1) is 0 Å². The first-order chi connectivity index (χ1) is 10.3. The van der Waals surface area contributed by atoms with Crippen LogP contribution < -0.4 is 15.4 Å². The van der Waals surface area contributed by atoms with E-state index in [0.717, 1.165) is 43.0 Å². The van der Waals surface area contributed by atoms with Crippen molar-refractivity contribution in [3.63, 3.8) is 0 Å². The van der Waals surface area contributed by atoms with E-state index in [4.69, 9.17) is 4.74 Å². The van der Waals surface area contributed by atoms with Crippen LogP contribution in [0.5, 0.6) is 5.75 Å². The maximum Gasteiger partial charge on any atom is 0.165 e. The monoisotopic (exact) mass is 290 g/mol. The summed E-state index contributed by atoms with van der Waals surface area (Å²) in [6.07, 6.45) is 2.17. The minimum Gasteiger partial charge on any atom is -0.494 e. The van der Waals surface area contributed by atoms with Gasteiger partial charge in [0.2, 0.25) is 0 Å². The number of benzene rings is 1. The molecule has 0 atom stereocenters. The normalized spacial score (nSPS) is 15.9. The van der Waals surface area contributed by atoms with Gasteiger partial charge in [-0.2, -0.15) is 5.10 Å². The van der Waals surface area contributed by atoms with Gasteiger partial charge in [0, 0.05) is 17.7 Å². The van der Waals surface area contributed by atoms with Crippen LogP contribution in [0.2, 0.25) is 0 Å². The van der Waals surface area contributed by atoms with E-state index in [0.29, 0.717) is 6.04 Å². The number of H-pyrrole nitrogens is 1. The van der Waals surface area contributed by atoms with Crippen molar-refractivity contribution in [2.24, 2.45) is 0 Å². The summed E-state index contributed by atoms with van der Waals surface area (Å²) in [6, 6.07) is 7.22. The molecule has 0 spiro atoms. The van der Waals surface area contributed by atoms with Crippen molar-refractivity contribution >= 4 is 5.82 Å². The summed E-state index contributed by atoms with van der Waals surface area (Å²) in [5.41, 5.74) is 1.53. The molecule has 3 rings (SSSR count). The molecule has 1 aliphatic rings. The van der Waals surface area contributed by atoms with Crippen LogP contribution in [-0.4, -0.2) is 36.4 Å². The van der Waals surface area contributed by atoms with Crippen LogP contribution in [-0.2, 0) is 0 Å². The smallest absolute Gasteiger partial charge is 0.165 e. The molecule has 2 heterocycles. The second-order valence-electron chi connectivity index (χ2n) is 5.18. The third-order valence-corrected chi connectivity index (χ3v) is 3.73. The number of aromatic amines is 1. The first-order valence-corrected chi connectivity index (χ1v) is 7.13. The van der Waals surface area contributed by atoms with Crippen LogP contribution in [0.4, 0.5) is 10.2 Å². The van der Waals surface area contributed by atoms with E-state index < -0.39 is 0 Å². The summed E-state index contributed by atoms with van der Waals surface area (Å²) in [6.45, 7) is 2.05. The van der Waals surface area contributed by atoms with Crippen LogP contribution in [0.1, 0.15) is 12.8 Å². The second kappa shape index (κ2) is 6.13. The number of anilines is 1. The van der Waals surface area contributed by atoms with Gasteiger partial charge < -0.3 is 15.4 Å². The largest absolute Gasteiger partial charge is 0.494 e. The number of methoxy groups -OCH3 is 1. The minimum absolute atomic E-state index is 0.242. The Labute approximate surface area is 122 Å². The lowest BCUT2D eigenvalue weighted by molar-refractivity contribution is 0.386. The van der Waals surface area contributed by atoms with Crippen LogP contribution in [0.25, 0.3) is 11.3 Å². The maximum absolute atomic E-state index is 13.7. The number of rotatable bonds is 4. The van der Waals surface area contributed by atoms with E-state index in [1.165, 1.54) is 13.2 Å². The van der Waals surface area contributed by atoms with E-state index in [-0.39, 0.29) is 11.6 Å². The molecule has 3 N–H and O–H groups in total. The first kappa shape index (κ1) is 13.9. The number of nitrogens with one attached hydrogen (secondary N) is 3. The molecule has 112 valence electrons. The van der Waals surface area contributed by atoms with Gasteiger partial charge in [0.25, 0.3) is 0 Å². The Hall–Kier alpha value is -2.08. The molecule has 1 saturated heterocycles. The highest BCUT2D eigenvalue weighted by molar-refractivity contribution is 5.63. The zero-order valence-electron chi connectivity index (χ0n) is 11.9. The molecule has 1 aliphatic heterocycles. The van der Waals surface area contributed by atoms with Gasteiger partial charge >= 0.3 is 0 Å². The lowest BCUT2D eigenvalue weighted by Crippen LogP contribution is -2.35. The molecule has 0 saturated carbocycles. The molecule has 0 unspecified atom stereocenters. The van der Waals surface area contributed by atoms with Crippen molar-refractivity contribution in [3.8, 4) is 17.0 Å². The quantitative estimate of drug-likeness (QED) is 0.809. The standard InChI is InChI=1S/C15H19FN4O/c1-21-14-3-2-10(8-12(14)16)13-9-15(20-19-13)18-11-4-6-17-7-5-11/h2-3,8-9,11,17H,4-7H2,1H3,(H2,18,19,20). The predicted molar refractivity (Wildman–Crippen MR) is 80.0 cm³/mol. The fraction of sp³-hybridized carbons (Fsp3) is 0.400. The number of halogens is 1. The lowest BCUT2D eigenvalue weighted by atomic mass is 10.1. The van der Waals surface area contributed by atoms with E-state index in [1.807, 2.05) is 12.1 Å². The highest BCUT2D eigenvalue weighted by atomic mass is 19.1. The minimum atomic E-state index is -0.377. The molecule has 2 aromatic rings. The fourth-order valence-corrected chi connectivity index (χ4v) is 2.55. The number of aromatic nitrogens is 2. The Kier molecular flexibility index (Phi) is 4.06. The molecular formula is C15H19FN4O. The lowest BCUT2D eigenvalue weighted by Gasteiger charge is -2.23. The van der Waals surface area contributed by atoms with Gasteiger partial charge in [-0.1, -0.05) is 0 Å². The van der Waals surface area contributed by atoms with Crippen LogP contribution in [0, 0.1) is 5.82 Å². The molecule has 5 nitrogen and oxygen atoms in total. The van der Waals surface area contributed by atoms with Crippen molar-refractivity contribution in [1.29, 1.82) is 0 Å². The SMILES string of the molecule is COc1ccc(-c2cc(NC3CCNCC3)n[nH]2)cc1F. The Morgan fingerprint density at radius 3 is 2.81 bits per heavy atom. The predicted octanol–water partition coefficient (Wildman–Crippen LogP) is 2.39. The van der Waals surface area contributed by atoms with Crippen molar-refractivity contribution in [2.75, 3.05) is 25.5 Å². The highest BCUT2D eigenvalue weighted by Gasteiger charge is 2.14. The highest BCUT2D eigenvalue weighted by Crippen LogP contribution is 2.26. The van der Waals surface area contributed by atoms with Crippen LogP contribution >= 0.6 is 0 Å². The number of nitrogens with zero attached hydrogens (tertiary/aromatic N) is 1. The number of ether oxygens (including phenoxy) is 1. The molecule has 1 aromatic heterocycles. The van der Waals surface area contributed by atoms with Gasteiger partial charge in [0.1, 0.15) is 5.82 Å². The molecule has 6 heteroatoms. The number of hydrogen-bond donors (Lipinski definition) is 3. The third kappa shape index (κ3) is 3.16. The Morgan fingerprint density at radius 2 is 2.10 bits per heavy atom. The van der Waals surface area contributed by atoms with Crippen LogP contribution in [0.15, 0.2) is 24.3 Å². The molecule has 0 aliphatic carbocycles. The average Bonchev–Trinajstić information content (AvgIpc) is 2.97. The zero-order chi connectivity index (χ0) is 14.7. The summed E-state index contributed by atoms with van der Waals surface area (Å²) in [7, 11) is 1.45. The summed E-state index contributed by atoms with van der Waals surface area (Å²) < 4.78 is 18.7. The summed E-state index contributed by atoms with van der Waals surface area (Å²) in [5, 5.41) is 13.9. The maximum atomic E-state index is 13.7. The molecule has 1 fully saturated rings. The van der Waals surface area contributed by atoms with Gasteiger partial charge in [0.15, 0.2) is 11.6 Å².